The van der Waals surface area contributed by atoms with E-state index in [0.29, 0.717) is 0 Å². The maximum absolute atomic E-state index is 5.78. The fourth-order valence-electron chi connectivity index (χ4n) is 1.82. The zero-order chi connectivity index (χ0) is 9.68. The molecule has 1 aliphatic rings. The molecule has 0 aromatic rings. The van der Waals surface area contributed by atoms with Crippen LogP contribution in [-0.2, 0) is 0 Å². The molecule has 13 heavy (non-hydrogen) atoms. The summed E-state index contributed by atoms with van der Waals surface area (Å²) in [7, 11) is 5.78. The minimum Gasteiger partial charge on any atom is -0.353 e. The number of thioether (sulfide) groups is 1. The Kier molecular flexibility index (Phi) is 5.26. The summed E-state index contributed by atoms with van der Waals surface area (Å²) in [4.78, 5) is 1.97. The van der Waals surface area contributed by atoms with E-state index in [1.165, 1.54) is 25.7 Å². The van der Waals surface area contributed by atoms with Gasteiger partial charge in [0.2, 0.25) is 0 Å². The van der Waals surface area contributed by atoms with Crippen molar-refractivity contribution in [2.24, 2.45) is 0 Å². The third kappa shape index (κ3) is 4.97. The van der Waals surface area contributed by atoms with Gasteiger partial charge in [0.25, 0.3) is 0 Å². The van der Waals surface area contributed by atoms with Crippen LogP contribution in [0, 0.1) is 0 Å². The monoisotopic (exact) mass is 197 g/mol. The second-order valence-corrected chi connectivity index (χ2v) is 6.01. The Balaban J connectivity index is 2.24. The van der Waals surface area contributed by atoms with Crippen LogP contribution in [0.3, 0.4) is 0 Å². The third-order valence-corrected chi connectivity index (χ3v) is 3.81. The first-order chi connectivity index (χ1) is 6.18. The van der Waals surface area contributed by atoms with Crippen molar-refractivity contribution in [3.63, 3.8) is 0 Å². The lowest BCUT2D eigenvalue weighted by Gasteiger charge is -2.25. The topological polar surface area (TPSA) is 3.24 Å². The molecule has 1 fully saturated rings. The molecule has 0 amide bonds. The van der Waals surface area contributed by atoms with Gasteiger partial charge in [0.05, 0.1) is 0 Å². The van der Waals surface area contributed by atoms with Crippen LogP contribution in [0.5, 0.6) is 0 Å². The summed E-state index contributed by atoms with van der Waals surface area (Å²) >= 11 is 2.14. The van der Waals surface area contributed by atoms with E-state index < -0.39 is 0 Å². The summed E-state index contributed by atoms with van der Waals surface area (Å²) < 4.78 is 0. The Morgan fingerprint density at radius 1 is 1.23 bits per heavy atom. The molecule has 1 rings (SSSR count). The second kappa shape index (κ2) is 5.97. The van der Waals surface area contributed by atoms with Crippen LogP contribution in [0.15, 0.2) is 0 Å². The predicted molar refractivity (Wildman–Crippen MR) is 62.3 cm³/mol. The van der Waals surface area contributed by atoms with Gasteiger partial charge in [-0.05, 0) is 44.0 Å². The summed E-state index contributed by atoms with van der Waals surface area (Å²) in [5, 5.41) is 1.66. The van der Waals surface area contributed by atoms with Crippen LogP contribution in [0.2, 0.25) is 0 Å². The lowest BCUT2D eigenvalue weighted by Crippen LogP contribution is -2.26. The SMILES string of the molecule is [B]N1CCCC(SC(C)C)CCC1. The van der Waals surface area contributed by atoms with Crippen molar-refractivity contribution in [1.82, 2.24) is 4.81 Å². The molecule has 0 aromatic carbocycles. The van der Waals surface area contributed by atoms with Crippen LogP contribution < -0.4 is 0 Å². The van der Waals surface area contributed by atoms with E-state index >= 15 is 0 Å². The smallest absolute Gasteiger partial charge is 0.182 e. The van der Waals surface area contributed by atoms with Gasteiger partial charge in [-0.15, -0.1) is 0 Å². The highest BCUT2D eigenvalue weighted by atomic mass is 32.2. The molecule has 0 saturated carbocycles. The molecule has 2 radical (unpaired) electrons. The second-order valence-electron chi connectivity index (χ2n) is 4.13. The van der Waals surface area contributed by atoms with Crippen LogP contribution in [0.1, 0.15) is 39.5 Å². The lowest BCUT2D eigenvalue weighted by molar-refractivity contribution is 0.390. The number of rotatable bonds is 2. The Bertz CT molecular complexity index is 131. The van der Waals surface area contributed by atoms with Gasteiger partial charge < -0.3 is 4.81 Å². The minimum atomic E-state index is 0.776. The molecular formula is C10H20BNS. The van der Waals surface area contributed by atoms with Gasteiger partial charge in [0, 0.05) is 5.25 Å². The maximum atomic E-state index is 5.78. The highest BCUT2D eigenvalue weighted by Gasteiger charge is 2.14. The standard InChI is InChI=1S/C10H20BNS/c1-9(2)13-10-5-3-7-12(11)8-4-6-10/h9-10H,3-8H2,1-2H3. The van der Waals surface area contributed by atoms with E-state index in [1.807, 2.05) is 4.81 Å². The molecule has 1 saturated heterocycles. The van der Waals surface area contributed by atoms with Crippen LogP contribution in [-0.4, -0.2) is 36.4 Å². The number of hydrogen-bond acceptors (Lipinski definition) is 2. The Morgan fingerprint density at radius 2 is 1.77 bits per heavy atom. The van der Waals surface area contributed by atoms with E-state index in [0.717, 1.165) is 23.6 Å². The summed E-state index contributed by atoms with van der Waals surface area (Å²) in [5.41, 5.74) is 0. The Hall–Kier alpha value is 0.375. The molecule has 0 atom stereocenters. The van der Waals surface area contributed by atoms with Crippen LogP contribution in [0.25, 0.3) is 0 Å². The fraction of sp³-hybridized carbons (Fsp3) is 1.00. The van der Waals surface area contributed by atoms with E-state index in [4.69, 9.17) is 7.98 Å². The zero-order valence-electron chi connectivity index (χ0n) is 8.83. The maximum Gasteiger partial charge on any atom is 0.182 e. The first-order valence-corrected chi connectivity index (χ1v) is 6.28. The molecule has 0 spiro atoms. The molecule has 74 valence electrons. The van der Waals surface area contributed by atoms with Gasteiger partial charge in [-0.1, -0.05) is 13.8 Å². The van der Waals surface area contributed by atoms with Gasteiger partial charge >= 0.3 is 0 Å². The molecule has 1 nitrogen and oxygen atoms in total. The summed E-state index contributed by atoms with van der Waals surface area (Å²) in [5.74, 6) is 0. The van der Waals surface area contributed by atoms with Crippen LogP contribution in [0.4, 0.5) is 0 Å². The van der Waals surface area contributed by atoms with E-state index in [2.05, 4.69) is 25.6 Å². The summed E-state index contributed by atoms with van der Waals surface area (Å²) in [6, 6.07) is 0. The average Bonchev–Trinajstić information content (AvgIpc) is 1.99. The van der Waals surface area contributed by atoms with E-state index in [9.17, 15) is 0 Å². The predicted octanol–water partition coefficient (Wildman–Crippen LogP) is 2.46. The van der Waals surface area contributed by atoms with Gasteiger partial charge in [-0.25, -0.2) is 0 Å². The molecule has 1 heterocycles. The van der Waals surface area contributed by atoms with Gasteiger partial charge in [0.15, 0.2) is 7.98 Å². The summed E-state index contributed by atoms with van der Waals surface area (Å²) in [6.45, 7) is 6.74. The summed E-state index contributed by atoms with van der Waals surface area (Å²) in [6.07, 6.45) is 5.22. The molecule has 1 aliphatic heterocycles. The highest BCUT2D eigenvalue weighted by Crippen LogP contribution is 2.26. The number of nitrogens with zero attached hydrogens (tertiary/aromatic N) is 1. The fourth-order valence-corrected chi connectivity index (χ4v) is 3.20. The largest absolute Gasteiger partial charge is 0.353 e. The average molecular weight is 197 g/mol. The quantitative estimate of drug-likeness (QED) is 0.625. The normalized spacial score (nSPS) is 23.0. The minimum absolute atomic E-state index is 0.776. The van der Waals surface area contributed by atoms with Crippen molar-refractivity contribution in [2.45, 2.75) is 50.0 Å². The molecule has 0 aromatic heterocycles. The molecule has 0 aliphatic carbocycles. The highest BCUT2D eigenvalue weighted by molar-refractivity contribution is 8.00. The molecule has 0 unspecified atom stereocenters. The third-order valence-electron chi connectivity index (χ3n) is 2.41. The molecular weight excluding hydrogens is 177 g/mol. The Morgan fingerprint density at radius 3 is 2.23 bits per heavy atom. The van der Waals surface area contributed by atoms with Gasteiger partial charge in [-0.3, -0.25) is 0 Å². The first-order valence-electron chi connectivity index (χ1n) is 5.33. The number of hydrogen-bond donors (Lipinski definition) is 0. The van der Waals surface area contributed by atoms with Crippen molar-refractivity contribution in [3.8, 4) is 0 Å². The van der Waals surface area contributed by atoms with Gasteiger partial charge in [-0.2, -0.15) is 11.8 Å². The zero-order valence-corrected chi connectivity index (χ0v) is 9.65. The van der Waals surface area contributed by atoms with Crippen molar-refractivity contribution < 1.29 is 0 Å². The van der Waals surface area contributed by atoms with Crippen molar-refractivity contribution in [1.29, 1.82) is 0 Å². The van der Waals surface area contributed by atoms with Crippen molar-refractivity contribution >= 4 is 19.7 Å². The molecule has 0 bridgehead atoms. The van der Waals surface area contributed by atoms with Gasteiger partial charge in [0.1, 0.15) is 0 Å². The van der Waals surface area contributed by atoms with Crippen molar-refractivity contribution in [2.75, 3.05) is 13.1 Å². The Labute approximate surface area is 88.1 Å². The van der Waals surface area contributed by atoms with E-state index in [1.54, 1.807) is 0 Å². The first kappa shape index (κ1) is 11.4. The van der Waals surface area contributed by atoms with Crippen molar-refractivity contribution in [3.05, 3.63) is 0 Å². The van der Waals surface area contributed by atoms with Crippen LogP contribution >= 0.6 is 11.8 Å². The lowest BCUT2D eigenvalue weighted by atomic mass is 10.1. The van der Waals surface area contributed by atoms with E-state index in [-0.39, 0.29) is 0 Å². The molecule has 3 heteroatoms. The molecule has 0 N–H and O–H groups in total.